The molecule has 100 valence electrons. The van der Waals surface area contributed by atoms with Crippen molar-refractivity contribution >= 4 is 37.5 Å². The van der Waals surface area contributed by atoms with Crippen molar-refractivity contribution in [1.82, 2.24) is 0 Å². The summed E-state index contributed by atoms with van der Waals surface area (Å²) >= 11 is 6.68. The van der Waals surface area contributed by atoms with E-state index in [0.29, 0.717) is 5.56 Å². The normalized spacial score (nSPS) is 10.6. The van der Waals surface area contributed by atoms with Crippen molar-refractivity contribution in [2.75, 3.05) is 5.32 Å². The number of rotatable bonds is 3. The molecule has 0 aliphatic rings. The van der Waals surface area contributed by atoms with E-state index in [2.05, 4.69) is 37.2 Å². The average molecular weight is 395 g/mol. The number of hydrogen-bond donors (Lipinski definition) is 1. The zero-order valence-corrected chi connectivity index (χ0v) is 12.7. The lowest BCUT2D eigenvalue weighted by Gasteiger charge is -2.09. The van der Waals surface area contributed by atoms with Gasteiger partial charge in [-0.05, 0) is 51.8 Å². The van der Waals surface area contributed by atoms with Crippen LogP contribution >= 0.6 is 31.9 Å². The molecule has 0 amide bonds. The molecular weight excluding hydrogens is 387 g/mol. The minimum absolute atomic E-state index is 0.184. The fourth-order valence-corrected chi connectivity index (χ4v) is 2.29. The van der Waals surface area contributed by atoms with Gasteiger partial charge in [0.25, 0.3) is 0 Å². The Hall–Kier alpha value is -1.01. The lowest BCUT2D eigenvalue weighted by atomic mass is 10.2. The van der Waals surface area contributed by atoms with Gasteiger partial charge in [0.15, 0.2) is 17.5 Å². The van der Waals surface area contributed by atoms with Crippen molar-refractivity contribution in [3.63, 3.8) is 0 Å². The maximum atomic E-state index is 13.0. The Morgan fingerprint density at radius 3 is 2.21 bits per heavy atom. The van der Waals surface area contributed by atoms with Crippen molar-refractivity contribution in [2.24, 2.45) is 0 Å². The van der Waals surface area contributed by atoms with Gasteiger partial charge >= 0.3 is 0 Å². The molecule has 2 aromatic carbocycles. The van der Waals surface area contributed by atoms with Crippen molar-refractivity contribution in [1.29, 1.82) is 0 Å². The first-order valence-corrected chi connectivity index (χ1v) is 6.88. The van der Waals surface area contributed by atoms with Crippen LogP contribution in [0.4, 0.5) is 18.9 Å². The fraction of sp³-hybridized carbons (Fsp3) is 0.0769. The molecule has 0 bridgehead atoms. The summed E-state index contributed by atoms with van der Waals surface area (Å²) in [5.41, 5.74) is 1.09. The second-order valence-corrected chi connectivity index (χ2v) is 5.62. The highest BCUT2D eigenvalue weighted by Crippen LogP contribution is 2.26. The Balaban J connectivity index is 2.17. The summed E-state index contributed by atoms with van der Waals surface area (Å²) in [5.74, 6) is -3.83. The molecule has 0 radical (unpaired) electrons. The Morgan fingerprint density at radius 1 is 0.947 bits per heavy atom. The van der Waals surface area contributed by atoms with E-state index in [9.17, 15) is 13.2 Å². The minimum Gasteiger partial charge on any atom is -0.380 e. The van der Waals surface area contributed by atoms with Gasteiger partial charge in [-0.1, -0.05) is 15.9 Å². The number of nitrogens with one attached hydrogen (secondary N) is 1. The maximum Gasteiger partial charge on any atom is 0.194 e. The largest absolute Gasteiger partial charge is 0.380 e. The number of halogens is 5. The van der Waals surface area contributed by atoms with E-state index >= 15 is 0 Å². The number of anilines is 1. The molecule has 1 nitrogen and oxygen atoms in total. The summed E-state index contributed by atoms with van der Waals surface area (Å²) in [6, 6.07) is 7.44. The molecule has 0 spiro atoms. The quantitative estimate of drug-likeness (QED) is 0.702. The monoisotopic (exact) mass is 393 g/mol. The van der Waals surface area contributed by atoms with Gasteiger partial charge in [0.1, 0.15) is 0 Å². The van der Waals surface area contributed by atoms with Crippen LogP contribution in [0.25, 0.3) is 0 Å². The molecule has 0 saturated carbocycles. The van der Waals surface area contributed by atoms with Gasteiger partial charge in [0.05, 0.1) is 0 Å². The number of benzene rings is 2. The van der Waals surface area contributed by atoms with Crippen LogP contribution in [0, 0.1) is 17.5 Å². The Morgan fingerprint density at radius 2 is 1.58 bits per heavy atom. The highest BCUT2D eigenvalue weighted by Gasteiger charge is 2.10. The van der Waals surface area contributed by atoms with Crippen LogP contribution < -0.4 is 5.32 Å². The summed E-state index contributed by atoms with van der Waals surface area (Å²) in [6.07, 6.45) is 0. The van der Waals surface area contributed by atoms with Crippen LogP contribution in [0.5, 0.6) is 0 Å². The van der Waals surface area contributed by atoms with Gasteiger partial charge in [-0.2, -0.15) is 0 Å². The second-order valence-electron chi connectivity index (χ2n) is 3.85. The van der Waals surface area contributed by atoms with Gasteiger partial charge in [-0.25, -0.2) is 13.2 Å². The third-order valence-corrected chi connectivity index (χ3v) is 3.64. The van der Waals surface area contributed by atoms with E-state index < -0.39 is 17.5 Å². The van der Waals surface area contributed by atoms with Crippen molar-refractivity contribution < 1.29 is 13.2 Å². The van der Waals surface area contributed by atoms with Gasteiger partial charge in [0.2, 0.25) is 0 Å². The summed E-state index contributed by atoms with van der Waals surface area (Å²) in [4.78, 5) is 0. The fourth-order valence-electron chi connectivity index (χ4n) is 1.54. The summed E-state index contributed by atoms with van der Waals surface area (Å²) < 4.78 is 40.6. The topological polar surface area (TPSA) is 12.0 Å². The highest BCUT2D eigenvalue weighted by atomic mass is 79.9. The van der Waals surface area contributed by atoms with Crippen molar-refractivity contribution in [2.45, 2.75) is 6.54 Å². The zero-order chi connectivity index (χ0) is 14.0. The molecule has 0 atom stereocenters. The first-order chi connectivity index (χ1) is 8.97. The van der Waals surface area contributed by atoms with Crippen LogP contribution in [0.2, 0.25) is 0 Å². The van der Waals surface area contributed by atoms with E-state index in [-0.39, 0.29) is 6.54 Å². The molecule has 0 unspecified atom stereocenters. The van der Waals surface area contributed by atoms with Gasteiger partial charge in [-0.3, -0.25) is 0 Å². The third kappa shape index (κ3) is 3.51. The third-order valence-electron chi connectivity index (χ3n) is 2.45. The van der Waals surface area contributed by atoms with Crippen LogP contribution in [0.3, 0.4) is 0 Å². The summed E-state index contributed by atoms with van der Waals surface area (Å²) in [5, 5.41) is 3.01. The average Bonchev–Trinajstić information content (AvgIpc) is 2.37. The molecule has 0 saturated heterocycles. The molecule has 0 heterocycles. The van der Waals surface area contributed by atoms with Gasteiger partial charge < -0.3 is 5.32 Å². The molecule has 2 rings (SSSR count). The molecule has 19 heavy (non-hydrogen) atoms. The van der Waals surface area contributed by atoms with Crippen LogP contribution in [-0.4, -0.2) is 0 Å². The van der Waals surface area contributed by atoms with Crippen LogP contribution in [-0.2, 0) is 6.54 Å². The highest BCUT2D eigenvalue weighted by molar-refractivity contribution is 9.11. The predicted octanol–water partition coefficient (Wildman–Crippen LogP) is 5.24. The van der Waals surface area contributed by atoms with Crippen LogP contribution in [0.15, 0.2) is 39.3 Å². The van der Waals surface area contributed by atoms with Crippen molar-refractivity contribution in [3.05, 3.63) is 62.3 Å². The van der Waals surface area contributed by atoms with E-state index in [4.69, 9.17) is 0 Å². The molecule has 6 heteroatoms. The summed E-state index contributed by atoms with van der Waals surface area (Å²) in [6.45, 7) is 0.184. The summed E-state index contributed by atoms with van der Waals surface area (Å²) in [7, 11) is 0. The predicted molar refractivity (Wildman–Crippen MR) is 75.5 cm³/mol. The second kappa shape index (κ2) is 5.96. The Kier molecular flexibility index (Phi) is 4.52. The molecule has 0 aliphatic heterocycles. The van der Waals surface area contributed by atoms with Gasteiger partial charge in [-0.15, -0.1) is 0 Å². The van der Waals surface area contributed by atoms with E-state index in [0.717, 1.165) is 26.8 Å². The van der Waals surface area contributed by atoms with E-state index in [1.54, 1.807) is 0 Å². The standard InChI is InChI=1S/C13H8Br2F3N/c14-8-1-2-9(15)12(5-8)19-6-7-3-10(16)13(18)11(17)4-7/h1-5,19H,6H2. The lowest BCUT2D eigenvalue weighted by Crippen LogP contribution is -2.03. The van der Waals surface area contributed by atoms with Crippen LogP contribution in [0.1, 0.15) is 5.56 Å². The Labute approximate surface area is 125 Å². The smallest absolute Gasteiger partial charge is 0.194 e. The maximum absolute atomic E-state index is 13.0. The molecule has 0 fully saturated rings. The lowest BCUT2D eigenvalue weighted by molar-refractivity contribution is 0.445. The molecule has 1 N–H and O–H groups in total. The molecular formula is C13H8Br2F3N. The SMILES string of the molecule is Fc1cc(CNc2cc(Br)ccc2Br)cc(F)c1F. The van der Waals surface area contributed by atoms with Crippen molar-refractivity contribution in [3.8, 4) is 0 Å². The van der Waals surface area contributed by atoms with Gasteiger partial charge in [0, 0.05) is 21.2 Å². The molecule has 0 aliphatic carbocycles. The number of hydrogen-bond acceptors (Lipinski definition) is 1. The molecule has 0 aromatic heterocycles. The zero-order valence-electron chi connectivity index (χ0n) is 9.48. The Bertz CT molecular complexity index is 594. The van der Waals surface area contributed by atoms with E-state index in [1.807, 2.05) is 18.2 Å². The first kappa shape index (κ1) is 14.4. The molecule has 2 aromatic rings. The minimum atomic E-state index is -1.45. The first-order valence-electron chi connectivity index (χ1n) is 5.29. The van der Waals surface area contributed by atoms with E-state index in [1.165, 1.54) is 0 Å².